The van der Waals surface area contributed by atoms with Gasteiger partial charge >= 0.3 is 5.97 Å². The Morgan fingerprint density at radius 3 is 2.12 bits per heavy atom. The lowest BCUT2D eigenvalue weighted by atomic mass is 9.84. The van der Waals surface area contributed by atoms with Crippen LogP contribution in [-0.2, 0) is 14.4 Å². The Morgan fingerprint density at radius 2 is 1.69 bits per heavy atom. The summed E-state index contributed by atoms with van der Waals surface area (Å²) in [5.74, 6) is -0.753. The highest BCUT2D eigenvalue weighted by Gasteiger charge is 2.40. The number of aliphatic carboxylic acids is 1. The Hall–Kier alpha value is -1.89. The molecule has 0 aromatic rings. The minimum absolute atomic E-state index is 0.0193. The quantitative estimate of drug-likeness (QED) is 0.551. The molecule has 1 aliphatic heterocycles. The number of rotatable bonds is 8. The van der Waals surface area contributed by atoms with E-state index in [2.05, 4.69) is 31.0 Å². The largest absolute Gasteiger partial charge is 0.478 e. The molecule has 1 fully saturated rings. The Kier molecular flexibility index (Phi) is 9.94. The zero-order valence-electron chi connectivity index (χ0n) is 21.7. The van der Waals surface area contributed by atoms with E-state index in [1.165, 1.54) is 6.92 Å². The molecule has 4 atom stereocenters. The van der Waals surface area contributed by atoms with E-state index >= 15 is 0 Å². The van der Waals surface area contributed by atoms with Crippen molar-refractivity contribution in [3.05, 3.63) is 11.6 Å². The van der Waals surface area contributed by atoms with E-state index in [0.717, 1.165) is 19.4 Å². The van der Waals surface area contributed by atoms with Crippen molar-refractivity contribution in [1.29, 1.82) is 0 Å². The van der Waals surface area contributed by atoms with E-state index in [0.29, 0.717) is 5.92 Å². The van der Waals surface area contributed by atoms with E-state index in [1.807, 2.05) is 34.6 Å². The van der Waals surface area contributed by atoms with Gasteiger partial charge in [0.2, 0.25) is 11.8 Å². The number of likely N-dealkylation sites (tertiary alicyclic amines) is 1. The number of piperidine rings is 1. The normalized spacial score (nSPS) is 22.6. The number of likely N-dealkylation sites (N-methyl/N-ethyl adjacent to an activating group) is 1. The average molecular weight is 452 g/mol. The van der Waals surface area contributed by atoms with Crippen molar-refractivity contribution in [2.24, 2.45) is 17.3 Å². The van der Waals surface area contributed by atoms with Gasteiger partial charge in [-0.25, -0.2) is 4.79 Å². The second-order valence-electron chi connectivity index (χ2n) is 11.1. The fourth-order valence-corrected chi connectivity index (χ4v) is 4.36. The Bertz CT molecular complexity index is 708. The molecule has 0 saturated carbocycles. The third-order valence-electron chi connectivity index (χ3n) is 6.46. The van der Waals surface area contributed by atoms with Gasteiger partial charge in [-0.2, -0.15) is 0 Å². The van der Waals surface area contributed by atoms with Crippen molar-refractivity contribution in [2.75, 3.05) is 13.6 Å². The third kappa shape index (κ3) is 7.32. The van der Waals surface area contributed by atoms with Crippen molar-refractivity contribution < 1.29 is 19.5 Å². The molecule has 1 rings (SSSR count). The van der Waals surface area contributed by atoms with Crippen LogP contribution in [0.1, 0.15) is 75.2 Å². The SMILES string of the molecule is CC(=C[C@H](C(C)C)N(C)C(=O)[C@@H](NC(=O)C1CC[C@H](C)CN1C(C)C)C(C)(C)C)C(=O)O. The zero-order chi connectivity index (χ0) is 25.0. The summed E-state index contributed by atoms with van der Waals surface area (Å²) in [7, 11) is 1.69. The zero-order valence-corrected chi connectivity index (χ0v) is 21.7. The highest BCUT2D eigenvalue weighted by molar-refractivity contribution is 5.91. The second kappa shape index (κ2) is 11.3. The van der Waals surface area contributed by atoms with Gasteiger partial charge < -0.3 is 15.3 Å². The van der Waals surface area contributed by atoms with Gasteiger partial charge in [0.05, 0.1) is 12.1 Å². The minimum atomic E-state index is -1.00. The van der Waals surface area contributed by atoms with Crippen LogP contribution in [0, 0.1) is 17.3 Å². The minimum Gasteiger partial charge on any atom is -0.478 e. The van der Waals surface area contributed by atoms with Crippen molar-refractivity contribution >= 4 is 17.8 Å². The number of hydrogen-bond donors (Lipinski definition) is 2. The van der Waals surface area contributed by atoms with Crippen molar-refractivity contribution in [2.45, 2.75) is 99.3 Å². The first-order chi connectivity index (χ1) is 14.6. The number of nitrogens with one attached hydrogen (secondary N) is 1. The fraction of sp³-hybridized carbons (Fsp3) is 0.800. The number of carbonyl (C=O) groups excluding carboxylic acids is 2. The number of nitrogens with zero attached hydrogens (tertiary/aromatic N) is 2. The van der Waals surface area contributed by atoms with E-state index in [9.17, 15) is 19.5 Å². The molecular weight excluding hydrogens is 406 g/mol. The molecule has 7 heteroatoms. The first-order valence-corrected chi connectivity index (χ1v) is 11.8. The van der Waals surface area contributed by atoms with E-state index < -0.39 is 17.4 Å². The van der Waals surface area contributed by atoms with Crippen LogP contribution in [0.3, 0.4) is 0 Å². The summed E-state index contributed by atoms with van der Waals surface area (Å²) in [4.78, 5) is 42.1. The van der Waals surface area contributed by atoms with E-state index in [4.69, 9.17) is 0 Å². The van der Waals surface area contributed by atoms with Gasteiger partial charge in [0, 0.05) is 25.2 Å². The summed E-state index contributed by atoms with van der Waals surface area (Å²) < 4.78 is 0. The summed E-state index contributed by atoms with van der Waals surface area (Å²) in [6.07, 6.45) is 3.39. The van der Waals surface area contributed by atoms with Crippen molar-refractivity contribution in [1.82, 2.24) is 15.1 Å². The standard InChI is InChI=1S/C25H45N3O4/c1-15(2)20(13-18(6)24(31)32)27(10)23(30)21(25(7,8)9)26-22(29)19-12-11-17(5)14-28(19)16(3)4/h13,15-17,19-21H,11-12,14H2,1-10H3,(H,26,29)(H,31,32)/t17-,19?,20+,21+/m0/s1. The van der Waals surface area contributed by atoms with Gasteiger partial charge in [0.15, 0.2) is 0 Å². The summed E-state index contributed by atoms with van der Waals surface area (Å²) in [6, 6.07) is -1.10. The number of carbonyl (C=O) groups is 3. The lowest BCUT2D eigenvalue weighted by Crippen LogP contribution is -2.61. The number of carboxylic acid groups (broad SMARTS) is 1. The molecule has 1 unspecified atom stereocenters. The Labute approximate surface area is 194 Å². The van der Waals surface area contributed by atoms with Crippen LogP contribution in [0.15, 0.2) is 11.6 Å². The lowest BCUT2D eigenvalue weighted by molar-refractivity contribution is -0.142. The van der Waals surface area contributed by atoms with Crippen LogP contribution in [0.5, 0.6) is 0 Å². The molecule has 0 aliphatic carbocycles. The van der Waals surface area contributed by atoms with Gasteiger partial charge in [-0.15, -0.1) is 0 Å². The molecule has 2 amide bonds. The molecule has 1 saturated heterocycles. The molecule has 0 radical (unpaired) electrons. The van der Waals surface area contributed by atoms with Gasteiger partial charge in [-0.3, -0.25) is 14.5 Å². The van der Waals surface area contributed by atoms with Crippen LogP contribution >= 0.6 is 0 Å². The first-order valence-electron chi connectivity index (χ1n) is 11.8. The number of amides is 2. The number of carboxylic acids is 1. The number of hydrogen-bond acceptors (Lipinski definition) is 4. The topological polar surface area (TPSA) is 90.0 Å². The van der Waals surface area contributed by atoms with Crippen molar-refractivity contribution in [3.8, 4) is 0 Å². The molecule has 0 aromatic carbocycles. The summed E-state index contributed by atoms with van der Waals surface area (Å²) in [5.41, 5.74) is -0.304. The van der Waals surface area contributed by atoms with E-state index in [1.54, 1.807) is 18.0 Å². The summed E-state index contributed by atoms with van der Waals surface area (Å²) in [6.45, 7) is 18.5. The summed E-state index contributed by atoms with van der Waals surface area (Å²) >= 11 is 0. The lowest BCUT2D eigenvalue weighted by Gasteiger charge is -2.42. The Balaban J connectivity index is 3.17. The highest BCUT2D eigenvalue weighted by atomic mass is 16.4. The maximum absolute atomic E-state index is 13.6. The van der Waals surface area contributed by atoms with Crippen molar-refractivity contribution in [3.63, 3.8) is 0 Å². The van der Waals surface area contributed by atoms with Crippen LogP contribution in [-0.4, -0.2) is 70.4 Å². The maximum Gasteiger partial charge on any atom is 0.331 e. The summed E-state index contributed by atoms with van der Waals surface area (Å²) in [5, 5.41) is 12.4. The molecule has 1 aliphatic rings. The predicted octanol–water partition coefficient (Wildman–Crippen LogP) is 3.54. The van der Waals surface area contributed by atoms with Gasteiger partial charge in [-0.1, -0.05) is 47.6 Å². The molecule has 184 valence electrons. The molecule has 7 nitrogen and oxygen atoms in total. The van der Waals surface area contributed by atoms with Crippen LogP contribution < -0.4 is 5.32 Å². The molecule has 0 aromatic heterocycles. The molecule has 0 bridgehead atoms. The van der Waals surface area contributed by atoms with Gasteiger partial charge in [0.25, 0.3) is 0 Å². The Morgan fingerprint density at radius 1 is 1.12 bits per heavy atom. The van der Waals surface area contributed by atoms with Crippen LogP contribution in [0.4, 0.5) is 0 Å². The molecular formula is C25H45N3O4. The highest BCUT2D eigenvalue weighted by Crippen LogP contribution is 2.27. The molecule has 2 N–H and O–H groups in total. The third-order valence-corrected chi connectivity index (χ3v) is 6.46. The van der Waals surface area contributed by atoms with Crippen LogP contribution in [0.25, 0.3) is 0 Å². The fourth-order valence-electron chi connectivity index (χ4n) is 4.36. The van der Waals surface area contributed by atoms with Crippen LogP contribution in [0.2, 0.25) is 0 Å². The average Bonchev–Trinajstić information content (AvgIpc) is 2.67. The smallest absolute Gasteiger partial charge is 0.331 e. The molecule has 32 heavy (non-hydrogen) atoms. The predicted molar refractivity (Wildman–Crippen MR) is 128 cm³/mol. The second-order valence-corrected chi connectivity index (χ2v) is 11.1. The monoisotopic (exact) mass is 451 g/mol. The first kappa shape index (κ1) is 28.1. The van der Waals surface area contributed by atoms with Gasteiger partial charge in [0.1, 0.15) is 6.04 Å². The molecule has 0 spiro atoms. The molecule has 1 heterocycles. The van der Waals surface area contributed by atoms with E-state index in [-0.39, 0.29) is 41.4 Å². The van der Waals surface area contributed by atoms with Gasteiger partial charge in [-0.05, 0) is 50.9 Å². The maximum atomic E-state index is 13.6.